The Morgan fingerprint density at radius 3 is 2.81 bits per heavy atom. The number of thiophene rings is 1. The molecule has 146 valence electrons. The quantitative estimate of drug-likeness (QED) is 0.364. The van der Waals surface area contributed by atoms with Gasteiger partial charge in [0.2, 0.25) is 5.91 Å². The average Bonchev–Trinajstić information content (AvgIpc) is 3.15. The van der Waals surface area contributed by atoms with Crippen molar-refractivity contribution < 1.29 is 4.79 Å². The van der Waals surface area contributed by atoms with Gasteiger partial charge in [0, 0.05) is 43.6 Å². The van der Waals surface area contributed by atoms with Crippen molar-refractivity contribution in [3.8, 4) is 0 Å². The van der Waals surface area contributed by atoms with Crippen LogP contribution in [0.25, 0.3) is 0 Å². The van der Waals surface area contributed by atoms with E-state index in [2.05, 4.69) is 38.9 Å². The molecule has 2 N–H and O–H groups in total. The van der Waals surface area contributed by atoms with Crippen molar-refractivity contribution in [1.29, 1.82) is 0 Å². The van der Waals surface area contributed by atoms with E-state index in [1.807, 2.05) is 6.07 Å². The molecule has 2 heterocycles. The van der Waals surface area contributed by atoms with Gasteiger partial charge in [0.25, 0.3) is 0 Å². The fourth-order valence-corrected chi connectivity index (χ4v) is 3.94. The summed E-state index contributed by atoms with van der Waals surface area (Å²) in [5.74, 6) is 0.745. The standard InChI is InChI=1S/C18H29N5OS.HI/c1-13-9-14(12-23(13)15-6-7-15)21-18(20-11-17(24)22(2)3)19-10-16-5-4-8-25-16;/h4-5,8,13-15H,6-7,9-12H2,1-3H3,(H2,19,20,21);1H. The number of nitrogens with one attached hydrogen (secondary N) is 2. The molecule has 6 nitrogen and oxygen atoms in total. The predicted octanol–water partition coefficient (Wildman–Crippen LogP) is 2.11. The van der Waals surface area contributed by atoms with Gasteiger partial charge in [-0.05, 0) is 37.6 Å². The Bertz CT molecular complexity index is 603. The molecule has 1 saturated carbocycles. The second-order valence-electron chi connectivity index (χ2n) is 7.24. The normalized spacial score (nSPS) is 23.4. The first-order valence-corrected chi connectivity index (χ1v) is 9.94. The lowest BCUT2D eigenvalue weighted by Crippen LogP contribution is -2.45. The lowest BCUT2D eigenvalue weighted by molar-refractivity contribution is -0.127. The molecule has 1 aromatic heterocycles. The molecule has 0 aromatic carbocycles. The molecule has 2 unspecified atom stereocenters. The molecule has 2 fully saturated rings. The SMILES string of the molecule is CC1CC(NC(=NCC(=O)N(C)C)NCc2cccs2)CN1C1CC1.I. The summed E-state index contributed by atoms with van der Waals surface area (Å²) < 4.78 is 0. The van der Waals surface area contributed by atoms with Crippen molar-refractivity contribution in [3.63, 3.8) is 0 Å². The van der Waals surface area contributed by atoms with Gasteiger partial charge in [-0.15, -0.1) is 35.3 Å². The highest BCUT2D eigenvalue weighted by atomic mass is 127. The Kier molecular flexibility index (Phi) is 8.15. The van der Waals surface area contributed by atoms with Crippen molar-refractivity contribution in [3.05, 3.63) is 22.4 Å². The van der Waals surface area contributed by atoms with Crippen LogP contribution < -0.4 is 10.6 Å². The number of halogens is 1. The Morgan fingerprint density at radius 1 is 1.42 bits per heavy atom. The maximum absolute atomic E-state index is 11.9. The van der Waals surface area contributed by atoms with E-state index in [0.29, 0.717) is 12.1 Å². The molecule has 3 rings (SSSR count). The van der Waals surface area contributed by atoms with Crippen LogP contribution >= 0.6 is 35.3 Å². The van der Waals surface area contributed by atoms with Gasteiger partial charge in [0.05, 0.1) is 6.54 Å². The molecule has 0 bridgehead atoms. The smallest absolute Gasteiger partial charge is 0.243 e. The third-order valence-electron chi connectivity index (χ3n) is 4.86. The predicted molar refractivity (Wildman–Crippen MR) is 118 cm³/mol. The molecule has 1 aliphatic carbocycles. The van der Waals surface area contributed by atoms with Crippen LogP contribution in [-0.2, 0) is 11.3 Å². The lowest BCUT2D eigenvalue weighted by Gasteiger charge is -2.20. The Morgan fingerprint density at radius 2 is 2.19 bits per heavy atom. The van der Waals surface area contributed by atoms with Gasteiger partial charge in [-0.1, -0.05) is 6.07 Å². The molecule has 1 amide bonds. The summed E-state index contributed by atoms with van der Waals surface area (Å²) in [5, 5.41) is 9.00. The third kappa shape index (κ3) is 6.09. The highest BCUT2D eigenvalue weighted by Crippen LogP contribution is 2.33. The number of aliphatic imine (C=N–C) groups is 1. The third-order valence-corrected chi connectivity index (χ3v) is 5.74. The molecule has 0 spiro atoms. The fraction of sp³-hybridized carbons (Fsp3) is 0.667. The number of amides is 1. The van der Waals surface area contributed by atoms with E-state index in [0.717, 1.165) is 31.5 Å². The van der Waals surface area contributed by atoms with Crippen molar-refractivity contribution in [2.24, 2.45) is 4.99 Å². The van der Waals surface area contributed by atoms with E-state index in [-0.39, 0.29) is 36.4 Å². The van der Waals surface area contributed by atoms with Crippen LogP contribution in [0.2, 0.25) is 0 Å². The van der Waals surface area contributed by atoms with E-state index in [1.54, 1.807) is 30.3 Å². The maximum Gasteiger partial charge on any atom is 0.243 e. The largest absolute Gasteiger partial charge is 0.352 e. The Labute approximate surface area is 177 Å². The summed E-state index contributed by atoms with van der Waals surface area (Å²) in [7, 11) is 3.52. The van der Waals surface area contributed by atoms with E-state index < -0.39 is 0 Å². The fourth-order valence-electron chi connectivity index (χ4n) is 3.29. The number of rotatable bonds is 6. The van der Waals surface area contributed by atoms with Crippen LogP contribution in [0.15, 0.2) is 22.5 Å². The van der Waals surface area contributed by atoms with Gasteiger partial charge in [0.1, 0.15) is 6.54 Å². The minimum Gasteiger partial charge on any atom is -0.352 e. The number of carbonyl (C=O) groups is 1. The molecular formula is C18H30IN5OS. The number of nitrogens with zero attached hydrogens (tertiary/aromatic N) is 3. The highest BCUT2D eigenvalue weighted by Gasteiger charge is 2.38. The van der Waals surface area contributed by atoms with Crippen LogP contribution in [0.1, 0.15) is 31.1 Å². The maximum atomic E-state index is 11.9. The number of likely N-dealkylation sites (tertiary alicyclic amines) is 1. The summed E-state index contributed by atoms with van der Waals surface area (Å²) >= 11 is 1.72. The Balaban J connectivity index is 0.00000243. The molecule has 26 heavy (non-hydrogen) atoms. The van der Waals surface area contributed by atoms with E-state index >= 15 is 0 Å². The summed E-state index contributed by atoms with van der Waals surface area (Å²) in [6.07, 6.45) is 3.80. The van der Waals surface area contributed by atoms with Crippen molar-refractivity contribution in [1.82, 2.24) is 20.4 Å². The molecule has 0 radical (unpaired) electrons. The molecule has 1 saturated heterocycles. The van der Waals surface area contributed by atoms with Crippen molar-refractivity contribution in [2.45, 2.75) is 50.9 Å². The molecular weight excluding hydrogens is 461 g/mol. The molecule has 1 aliphatic heterocycles. The molecule has 1 aromatic rings. The minimum atomic E-state index is 0. The number of hydrogen-bond acceptors (Lipinski definition) is 4. The van der Waals surface area contributed by atoms with Gasteiger partial charge in [-0.2, -0.15) is 0 Å². The van der Waals surface area contributed by atoms with Crippen molar-refractivity contribution >= 4 is 47.2 Å². The van der Waals surface area contributed by atoms with Gasteiger partial charge >= 0.3 is 0 Å². The second-order valence-corrected chi connectivity index (χ2v) is 8.27. The van der Waals surface area contributed by atoms with Crippen molar-refractivity contribution in [2.75, 3.05) is 27.2 Å². The summed E-state index contributed by atoms with van der Waals surface area (Å²) in [6, 6.07) is 5.95. The number of carbonyl (C=O) groups excluding carboxylic acids is 1. The van der Waals surface area contributed by atoms with E-state index in [4.69, 9.17) is 0 Å². The van der Waals surface area contributed by atoms with E-state index in [1.165, 1.54) is 17.7 Å². The number of likely N-dealkylation sites (N-methyl/N-ethyl adjacent to an activating group) is 1. The van der Waals surface area contributed by atoms with E-state index in [9.17, 15) is 4.79 Å². The summed E-state index contributed by atoms with van der Waals surface area (Å²) in [5.41, 5.74) is 0. The van der Waals surface area contributed by atoms with Crippen LogP contribution in [0.3, 0.4) is 0 Å². The zero-order valence-corrected chi connectivity index (χ0v) is 18.9. The summed E-state index contributed by atoms with van der Waals surface area (Å²) in [4.78, 5) is 21.8. The molecule has 8 heteroatoms. The van der Waals surface area contributed by atoms with Gasteiger partial charge in [-0.3, -0.25) is 9.69 Å². The molecule has 2 aliphatic rings. The summed E-state index contributed by atoms with van der Waals surface area (Å²) in [6.45, 7) is 4.27. The Hall–Kier alpha value is -0.870. The number of guanidine groups is 1. The minimum absolute atomic E-state index is 0. The first-order chi connectivity index (χ1) is 12.0. The monoisotopic (exact) mass is 491 g/mol. The van der Waals surface area contributed by atoms with Gasteiger partial charge < -0.3 is 15.5 Å². The number of hydrogen-bond donors (Lipinski definition) is 2. The van der Waals surface area contributed by atoms with Crippen LogP contribution in [-0.4, -0.2) is 67.0 Å². The zero-order chi connectivity index (χ0) is 17.8. The van der Waals surface area contributed by atoms with Crippen LogP contribution in [0.5, 0.6) is 0 Å². The topological polar surface area (TPSA) is 60.0 Å². The highest BCUT2D eigenvalue weighted by molar-refractivity contribution is 14.0. The van der Waals surface area contributed by atoms with Gasteiger partial charge in [-0.25, -0.2) is 4.99 Å². The van der Waals surface area contributed by atoms with Gasteiger partial charge in [0.15, 0.2) is 5.96 Å². The first-order valence-electron chi connectivity index (χ1n) is 9.06. The molecule has 2 atom stereocenters. The first kappa shape index (κ1) is 21.4. The lowest BCUT2D eigenvalue weighted by atomic mass is 10.2. The second kappa shape index (κ2) is 9.89. The zero-order valence-electron chi connectivity index (χ0n) is 15.8. The van der Waals surface area contributed by atoms with Crippen LogP contribution in [0, 0.1) is 0 Å². The van der Waals surface area contributed by atoms with Crippen LogP contribution in [0.4, 0.5) is 0 Å². The average molecular weight is 491 g/mol.